The molecule has 2 amide bonds. The number of urea groups is 1. The maximum atomic E-state index is 12.6. The van der Waals surface area contributed by atoms with Crippen molar-refractivity contribution < 1.29 is 22.7 Å². The predicted molar refractivity (Wildman–Crippen MR) is 78.5 cm³/mol. The van der Waals surface area contributed by atoms with E-state index in [4.69, 9.17) is 4.74 Å². The van der Waals surface area contributed by atoms with E-state index in [2.05, 4.69) is 10.3 Å². The Morgan fingerprint density at radius 2 is 1.78 bits per heavy atom. The van der Waals surface area contributed by atoms with Crippen LogP contribution < -0.4 is 10.1 Å². The van der Waals surface area contributed by atoms with E-state index in [0.717, 1.165) is 6.07 Å². The van der Waals surface area contributed by atoms with Gasteiger partial charge in [-0.2, -0.15) is 13.2 Å². The normalized spacial score (nSPS) is 11.0. The molecule has 0 saturated heterocycles. The van der Waals surface area contributed by atoms with Crippen molar-refractivity contribution in [1.82, 2.24) is 9.88 Å². The molecule has 2 rings (SSSR count). The first-order valence-electron chi connectivity index (χ1n) is 6.56. The number of carbonyl (C=O) groups excluding carboxylic acids is 1. The minimum absolute atomic E-state index is 0.162. The van der Waals surface area contributed by atoms with E-state index in [1.807, 2.05) is 0 Å². The van der Waals surface area contributed by atoms with E-state index in [1.54, 1.807) is 26.2 Å². The number of halogens is 3. The standard InChI is InChI=1S/C15H14F3N3O2/c1-21(2)14(22)19-10-6-8-11(9-7-10)23-13-5-3-4-12(20-13)15(16,17)18/h3-9H,1-2H3,(H,19,22). The summed E-state index contributed by atoms with van der Waals surface area (Å²) in [5.41, 5.74) is -0.488. The molecule has 2 aromatic rings. The fraction of sp³-hybridized carbons (Fsp3) is 0.200. The molecular weight excluding hydrogens is 311 g/mol. The Hall–Kier alpha value is -2.77. The Bertz CT molecular complexity index is 685. The lowest BCUT2D eigenvalue weighted by Crippen LogP contribution is -2.27. The van der Waals surface area contributed by atoms with E-state index in [9.17, 15) is 18.0 Å². The van der Waals surface area contributed by atoms with Crippen LogP contribution in [-0.4, -0.2) is 30.0 Å². The van der Waals surface area contributed by atoms with Gasteiger partial charge < -0.3 is 15.0 Å². The molecule has 1 heterocycles. The van der Waals surface area contributed by atoms with Gasteiger partial charge in [-0.25, -0.2) is 9.78 Å². The molecule has 0 aliphatic carbocycles. The predicted octanol–water partition coefficient (Wildman–Crippen LogP) is 3.99. The van der Waals surface area contributed by atoms with Crippen LogP contribution in [-0.2, 0) is 6.18 Å². The maximum Gasteiger partial charge on any atom is 0.433 e. The van der Waals surface area contributed by atoms with Crippen LogP contribution >= 0.6 is 0 Å². The van der Waals surface area contributed by atoms with Gasteiger partial charge in [0.25, 0.3) is 0 Å². The summed E-state index contributed by atoms with van der Waals surface area (Å²) in [6.45, 7) is 0. The molecule has 0 radical (unpaired) electrons. The summed E-state index contributed by atoms with van der Waals surface area (Å²) in [6.07, 6.45) is -4.53. The molecule has 0 fully saturated rings. The second-order valence-corrected chi connectivity index (χ2v) is 4.81. The molecule has 1 N–H and O–H groups in total. The first-order valence-corrected chi connectivity index (χ1v) is 6.56. The summed E-state index contributed by atoms with van der Waals surface area (Å²) >= 11 is 0. The molecule has 122 valence electrons. The number of hydrogen-bond donors (Lipinski definition) is 1. The van der Waals surface area contributed by atoms with E-state index >= 15 is 0 Å². The van der Waals surface area contributed by atoms with Crippen LogP contribution in [0, 0.1) is 0 Å². The number of amides is 2. The number of aromatic nitrogens is 1. The molecule has 1 aromatic carbocycles. The number of ether oxygens (including phenoxy) is 1. The highest BCUT2D eigenvalue weighted by molar-refractivity contribution is 5.88. The lowest BCUT2D eigenvalue weighted by atomic mass is 10.3. The number of nitrogens with one attached hydrogen (secondary N) is 1. The number of pyridine rings is 1. The van der Waals surface area contributed by atoms with Crippen molar-refractivity contribution in [2.45, 2.75) is 6.18 Å². The maximum absolute atomic E-state index is 12.6. The van der Waals surface area contributed by atoms with Gasteiger partial charge in [-0.1, -0.05) is 6.07 Å². The Labute approximate surface area is 130 Å². The van der Waals surface area contributed by atoms with Crippen LogP contribution in [0.15, 0.2) is 42.5 Å². The topological polar surface area (TPSA) is 54.5 Å². The van der Waals surface area contributed by atoms with Crippen molar-refractivity contribution in [3.63, 3.8) is 0 Å². The highest BCUT2D eigenvalue weighted by Crippen LogP contribution is 2.30. The van der Waals surface area contributed by atoms with Crippen molar-refractivity contribution >= 4 is 11.7 Å². The number of carbonyl (C=O) groups is 1. The van der Waals surface area contributed by atoms with Crippen LogP contribution in [0.25, 0.3) is 0 Å². The molecule has 0 saturated carbocycles. The highest BCUT2D eigenvalue weighted by Gasteiger charge is 2.32. The average Bonchev–Trinajstić information content (AvgIpc) is 2.48. The zero-order valence-corrected chi connectivity index (χ0v) is 12.4. The Morgan fingerprint density at radius 3 is 2.35 bits per heavy atom. The lowest BCUT2D eigenvalue weighted by Gasteiger charge is -2.12. The van der Waals surface area contributed by atoms with Crippen molar-refractivity contribution in [2.75, 3.05) is 19.4 Å². The van der Waals surface area contributed by atoms with Crippen molar-refractivity contribution in [1.29, 1.82) is 0 Å². The Balaban J connectivity index is 2.08. The van der Waals surface area contributed by atoms with Crippen molar-refractivity contribution in [2.24, 2.45) is 0 Å². The molecule has 5 nitrogen and oxygen atoms in total. The quantitative estimate of drug-likeness (QED) is 0.928. The number of nitrogens with zero attached hydrogens (tertiary/aromatic N) is 2. The fourth-order valence-electron chi connectivity index (χ4n) is 1.59. The lowest BCUT2D eigenvalue weighted by molar-refractivity contribution is -0.141. The smallest absolute Gasteiger partial charge is 0.433 e. The number of benzene rings is 1. The number of alkyl halides is 3. The molecular formula is C15H14F3N3O2. The molecule has 8 heteroatoms. The molecule has 0 bridgehead atoms. The minimum atomic E-state index is -4.53. The zero-order chi connectivity index (χ0) is 17.0. The van der Waals surface area contributed by atoms with Gasteiger partial charge in [0, 0.05) is 25.8 Å². The molecule has 0 aliphatic rings. The average molecular weight is 325 g/mol. The third-order valence-electron chi connectivity index (χ3n) is 2.75. The summed E-state index contributed by atoms with van der Waals surface area (Å²) in [5, 5.41) is 2.63. The first-order chi connectivity index (χ1) is 10.8. The van der Waals surface area contributed by atoms with E-state index in [-0.39, 0.29) is 11.9 Å². The van der Waals surface area contributed by atoms with Gasteiger partial charge >= 0.3 is 12.2 Å². The van der Waals surface area contributed by atoms with Crippen LogP contribution in [0.3, 0.4) is 0 Å². The molecule has 0 spiro atoms. The molecule has 0 atom stereocenters. The SMILES string of the molecule is CN(C)C(=O)Nc1ccc(Oc2cccc(C(F)(F)F)n2)cc1. The van der Waals surface area contributed by atoms with Crippen molar-refractivity contribution in [3.8, 4) is 11.6 Å². The van der Waals surface area contributed by atoms with Gasteiger partial charge in [0.2, 0.25) is 5.88 Å². The van der Waals surface area contributed by atoms with Gasteiger partial charge in [0.05, 0.1) is 0 Å². The second kappa shape index (κ2) is 6.55. The Morgan fingerprint density at radius 1 is 1.13 bits per heavy atom. The van der Waals surface area contributed by atoms with Gasteiger partial charge in [0.15, 0.2) is 0 Å². The molecule has 0 aliphatic heterocycles. The van der Waals surface area contributed by atoms with Gasteiger partial charge in [0.1, 0.15) is 11.4 Å². The van der Waals surface area contributed by atoms with Gasteiger partial charge in [-0.3, -0.25) is 0 Å². The van der Waals surface area contributed by atoms with Crippen LogP contribution in [0.1, 0.15) is 5.69 Å². The summed E-state index contributed by atoms with van der Waals surface area (Å²) in [4.78, 5) is 16.3. The molecule has 23 heavy (non-hydrogen) atoms. The first kappa shape index (κ1) is 16.6. The Kier molecular flexibility index (Phi) is 4.73. The molecule has 0 unspecified atom stereocenters. The van der Waals surface area contributed by atoms with Crippen LogP contribution in [0.5, 0.6) is 11.6 Å². The summed E-state index contributed by atoms with van der Waals surface area (Å²) in [5.74, 6) is 0.143. The number of rotatable bonds is 3. The van der Waals surface area contributed by atoms with Crippen LogP contribution in [0.4, 0.5) is 23.7 Å². The van der Waals surface area contributed by atoms with Crippen molar-refractivity contribution in [3.05, 3.63) is 48.2 Å². The van der Waals surface area contributed by atoms with Gasteiger partial charge in [-0.15, -0.1) is 0 Å². The van der Waals surface area contributed by atoms with Crippen LogP contribution in [0.2, 0.25) is 0 Å². The molecule has 1 aromatic heterocycles. The van der Waals surface area contributed by atoms with E-state index in [1.165, 1.54) is 29.2 Å². The highest BCUT2D eigenvalue weighted by atomic mass is 19.4. The summed E-state index contributed by atoms with van der Waals surface area (Å²) < 4.78 is 43.0. The van der Waals surface area contributed by atoms with Gasteiger partial charge in [-0.05, 0) is 30.3 Å². The fourth-order valence-corrected chi connectivity index (χ4v) is 1.59. The van der Waals surface area contributed by atoms with E-state index in [0.29, 0.717) is 11.4 Å². The minimum Gasteiger partial charge on any atom is -0.439 e. The summed E-state index contributed by atoms with van der Waals surface area (Å²) in [7, 11) is 3.21. The second-order valence-electron chi connectivity index (χ2n) is 4.81. The largest absolute Gasteiger partial charge is 0.439 e. The number of hydrogen-bond acceptors (Lipinski definition) is 3. The third-order valence-corrected chi connectivity index (χ3v) is 2.75. The zero-order valence-electron chi connectivity index (χ0n) is 12.4. The van der Waals surface area contributed by atoms with E-state index < -0.39 is 11.9 Å². The number of anilines is 1. The summed E-state index contributed by atoms with van der Waals surface area (Å²) in [6, 6.07) is 9.31. The third kappa shape index (κ3) is 4.60. The monoisotopic (exact) mass is 325 g/mol.